The summed E-state index contributed by atoms with van der Waals surface area (Å²) in [5.41, 5.74) is 22.9. The van der Waals surface area contributed by atoms with E-state index in [1.165, 1.54) is 71.0 Å². The molecule has 2 fully saturated rings. The first-order chi connectivity index (χ1) is 68.2. The Hall–Kier alpha value is -14.8. The summed E-state index contributed by atoms with van der Waals surface area (Å²) in [6, 6.07) is -13.7. The number of hydrogen-bond donors (Lipinski definition) is 30. The smallest absolute Gasteiger partial charge is 0.326 e. The molecular formula is C89H135N23O33. The topological polar surface area (TPSA) is 907 Å². The Balaban J connectivity index is 1.44. The number of benzene rings is 2. The summed E-state index contributed by atoms with van der Waals surface area (Å²) >= 11 is 0. The highest BCUT2D eigenvalue weighted by Crippen LogP contribution is 2.24. The van der Waals surface area contributed by atoms with Gasteiger partial charge in [-0.3, -0.25) is 110 Å². The Bertz CT molecular complexity index is 4880. The summed E-state index contributed by atoms with van der Waals surface area (Å²) in [5.74, 6) is -29.5. The average molecular weight is 2060 g/mol. The second-order valence-corrected chi connectivity index (χ2v) is 35.3. The number of aliphatic carboxylic acids is 3. The molecule has 0 saturated carbocycles. The lowest BCUT2D eigenvalue weighted by Crippen LogP contribution is -2.62. The van der Waals surface area contributed by atoms with E-state index < -0.39 is 360 Å². The molecule has 2 aromatic rings. The van der Waals surface area contributed by atoms with Crippen molar-refractivity contribution in [2.45, 2.75) is 266 Å². The number of carbonyl (C=O) groups is 24. The van der Waals surface area contributed by atoms with Crippen molar-refractivity contribution in [2.24, 2.45) is 34.8 Å². The molecule has 56 nitrogen and oxygen atoms in total. The van der Waals surface area contributed by atoms with Crippen LogP contribution in [0.3, 0.4) is 0 Å². The maximum absolute atomic E-state index is 14.6. The van der Waals surface area contributed by atoms with Crippen LogP contribution in [0.1, 0.15) is 149 Å². The van der Waals surface area contributed by atoms with Gasteiger partial charge in [-0.05, 0) is 127 Å². The molecule has 0 unspecified atom stereocenters. The average Bonchev–Trinajstić information content (AvgIpc) is 1.65. The number of nitrogens with two attached hydrogens (primary N) is 4. The number of nitrogens with one attached hydrogen (secondary N) is 17. The number of hydrogen-bond acceptors (Lipinski definition) is 32. The zero-order chi connectivity index (χ0) is 109. The lowest BCUT2D eigenvalue weighted by atomic mass is 10.00. The van der Waals surface area contributed by atoms with Gasteiger partial charge in [-0.25, -0.2) is 4.79 Å². The number of aliphatic hydroxyl groups is 5. The number of likely N-dealkylation sites (tertiary alicyclic amines) is 2. The van der Waals surface area contributed by atoms with Gasteiger partial charge in [-0.15, -0.1) is 0 Å². The third-order valence-electron chi connectivity index (χ3n) is 22.9. The summed E-state index contributed by atoms with van der Waals surface area (Å²) in [5, 5.41) is 129. The molecule has 2 heterocycles. The van der Waals surface area contributed by atoms with E-state index in [9.17, 15) is 161 Å². The molecule has 4 rings (SSSR count). The lowest BCUT2D eigenvalue weighted by molar-refractivity contribution is -0.143. The first kappa shape index (κ1) is 123. The minimum Gasteiger partial charge on any atom is -0.508 e. The minimum absolute atomic E-state index is 0.00460. The van der Waals surface area contributed by atoms with Crippen LogP contribution in [0, 0.1) is 11.8 Å². The molecule has 804 valence electrons. The first-order valence-electron chi connectivity index (χ1n) is 46.6. The molecule has 56 heteroatoms. The number of rotatable bonds is 63. The van der Waals surface area contributed by atoms with Gasteiger partial charge in [0.15, 0.2) is 0 Å². The Morgan fingerprint density at radius 3 is 1.27 bits per heavy atom. The number of carboxylic acid groups (broad SMARTS) is 3. The predicted octanol–water partition coefficient (Wildman–Crippen LogP) is -13.2. The summed E-state index contributed by atoms with van der Waals surface area (Å²) in [6.45, 7) is 3.37. The number of phenols is 1. The lowest BCUT2D eigenvalue weighted by Gasteiger charge is -2.32. The van der Waals surface area contributed by atoms with E-state index >= 15 is 0 Å². The van der Waals surface area contributed by atoms with Crippen LogP contribution in [-0.2, 0) is 128 Å². The third-order valence-corrected chi connectivity index (χ3v) is 22.9. The first-order valence-corrected chi connectivity index (χ1v) is 46.6. The highest BCUT2D eigenvalue weighted by Gasteiger charge is 2.45. The van der Waals surface area contributed by atoms with Crippen LogP contribution in [0.4, 0.5) is 0 Å². The number of amides is 21. The monoisotopic (exact) mass is 2050 g/mol. The number of unbranched alkanes of at least 4 members (excludes halogenated alkanes) is 1. The Morgan fingerprint density at radius 1 is 0.366 bits per heavy atom. The fourth-order valence-corrected chi connectivity index (χ4v) is 14.8. The van der Waals surface area contributed by atoms with E-state index in [-0.39, 0.29) is 63.9 Å². The number of nitrogens with zero attached hydrogens (tertiary/aromatic N) is 2. The van der Waals surface area contributed by atoms with Crippen LogP contribution in [0.15, 0.2) is 54.6 Å². The summed E-state index contributed by atoms with van der Waals surface area (Å²) in [7, 11) is 0. The summed E-state index contributed by atoms with van der Waals surface area (Å²) < 4.78 is 0. The predicted molar refractivity (Wildman–Crippen MR) is 502 cm³/mol. The maximum Gasteiger partial charge on any atom is 0.326 e. The normalized spacial score (nSPS) is 16.7. The zero-order valence-electron chi connectivity index (χ0n) is 81.0. The van der Waals surface area contributed by atoms with Gasteiger partial charge in [-0.1, -0.05) is 70.2 Å². The quantitative estimate of drug-likeness (QED) is 0.0274. The van der Waals surface area contributed by atoms with E-state index in [1.807, 2.05) is 0 Å². The van der Waals surface area contributed by atoms with Crippen molar-refractivity contribution in [3.05, 3.63) is 65.7 Å². The van der Waals surface area contributed by atoms with E-state index in [0.29, 0.717) is 24.0 Å². The molecule has 0 bridgehead atoms. The fourth-order valence-electron chi connectivity index (χ4n) is 14.8. The van der Waals surface area contributed by atoms with Gasteiger partial charge in [0, 0.05) is 45.2 Å². The van der Waals surface area contributed by atoms with E-state index in [1.54, 1.807) is 18.2 Å². The van der Waals surface area contributed by atoms with Gasteiger partial charge in [0.25, 0.3) is 0 Å². The van der Waals surface area contributed by atoms with Crippen LogP contribution in [0.2, 0.25) is 0 Å². The number of primary amides is 2. The number of carboxylic acids is 3. The van der Waals surface area contributed by atoms with Crippen molar-refractivity contribution in [3.8, 4) is 5.75 Å². The molecule has 21 amide bonds. The van der Waals surface area contributed by atoms with E-state index in [2.05, 4.69) is 90.4 Å². The molecule has 2 aliphatic rings. The number of aromatic hydroxyl groups is 1. The Kier molecular flexibility index (Phi) is 51.8. The summed E-state index contributed by atoms with van der Waals surface area (Å²) in [4.78, 5) is 324. The molecular weight excluding hydrogens is 1920 g/mol. The SMILES string of the molecule is CC(C)[C@H](NC(=O)[C@@H]1CCCN1C(=O)[C@H](CO)NC(=O)[C@H](CC(N)=O)NC(=O)CNC(=O)CNC(=O)[C@@H](NC(=O)[C@H](CCC(=O)O)NC(=O)CNC(=O)[C@H](Cc1ccc(O)cc1)NC(=O)[C@@H](N)[C@@H](C)O)[C@@H](C)O)C(=O)N[C@@H](CCC(N)=O)C(=O)N[C@@H](CCC(=O)O)C(=O)N[C@@H](Cc1ccccc1)C(=O)N[C@H](C(=O)N[C@H](C(=O)N1CCC[C@H]1C(=O)NCC(=O)N[C@@H](CO)C(=O)N[C@@H](CCCCN)C(=O)O)C(C)C)[C@@H](C)O. The van der Waals surface area contributed by atoms with Crippen molar-refractivity contribution < 1.29 is 161 Å². The van der Waals surface area contributed by atoms with Crippen molar-refractivity contribution in [3.63, 3.8) is 0 Å². The molecule has 0 radical (unpaired) electrons. The maximum atomic E-state index is 14.6. The molecule has 2 saturated heterocycles. The molecule has 2 aliphatic heterocycles. The molecule has 0 aromatic heterocycles. The summed E-state index contributed by atoms with van der Waals surface area (Å²) in [6.07, 6.45) is -9.70. The van der Waals surface area contributed by atoms with Gasteiger partial charge in [0.05, 0.1) is 64.1 Å². The third kappa shape index (κ3) is 42.0. The van der Waals surface area contributed by atoms with Crippen molar-refractivity contribution >= 4 is 142 Å². The van der Waals surface area contributed by atoms with Gasteiger partial charge in [0.2, 0.25) is 124 Å². The van der Waals surface area contributed by atoms with Crippen molar-refractivity contribution in [1.29, 1.82) is 0 Å². The second kappa shape index (κ2) is 61.3. The highest BCUT2D eigenvalue weighted by atomic mass is 16.4. The van der Waals surface area contributed by atoms with E-state index in [0.717, 1.165) is 23.6 Å². The number of phenolic OH excluding ortho intramolecular Hbond substituents is 1. The van der Waals surface area contributed by atoms with Gasteiger partial charge in [0.1, 0.15) is 102 Å². The molecule has 34 N–H and O–H groups in total. The number of carbonyl (C=O) groups excluding carboxylic acids is 21. The van der Waals surface area contributed by atoms with Gasteiger partial charge in [-0.2, -0.15) is 0 Å². The highest BCUT2D eigenvalue weighted by molar-refractivity contribution is 6.03. The van der Waals surface area contributed by atoms with Gasteiger partial charge >= 0.3 is 17.9 Å². The second-order valence-electron chi connectivity index (χ2n) is 35.3. The van der Waals surface area contributed by atoms with Crippen LogP contribution in [0.5, 0.6) is 5.75 Å². The standard InChI is InChI=1S/C89H135N23O33/c1-42(2)70(107-82(137)60-19-14-31-111(60)87(142)58(41-114)106-78(133)56(35-62(92)120)99-64(122)37-94-63(121)36-97-84(139)72(45(6)116)109-77(132)50(25-28-67(125)126)98-65(123)38-95-74(129)54(105-83(138)69(93)44(5)115)34-48-20-22-49(118)23-21-48)85(140)102-51(24-27-61(91)119)75(130)101-52(26-29-68(127)128)76(131)104-55(33-47-15-9-8-10-16-47)79(134)110-73(46(7)117)86(141)108-71(43(3)4)88(143)112-32-13-18-59(112)81(136)96-39-66(124)100-57(40-113)80(135)103-53(89(144)145)17-11-12-30-90/h8-10,15-16,20-23,42-46,50-60,69-73,113-118H,11-14,17-19,24-41,90,93H2,1-7H3,(H2,91,119)(H2,92,120)(H,94,121)(H,95,129)(H,96,136)(H,97,139)(H,98,123)(H,99,122)(H,100,124)(H,101,130)(H,102,140)(H,103,135)(H,104,131)(H,105,138)(H,106,133)(H,107,137)(H,108,141)(H,109,132)(H,110,134)(H,125,126)(H,127,128)(H,144,145)/t44-,45-,46-,50+,51+,52+,53+,54+,55+,56+,57+,58+,59+,60+,69+,70+,71+,72+,73+/m1/s1. The van der Waals surface area contributed by atoms with Crippen LogP contribution in [-0.4, -0.2) is 372 Å². The van der Waals surface area contributed by atoms with Gasteiger partial charge < -0.3 is 169 Å². The van der Waals surface area contributed by atoms with Crippen molar-refractivity contribution in [2.75, 3.05) is 59.0 Å². The molecule has 2 aromatic carbocycles. The largest absolute Gasteiger partial charge is 0.508 e. The van der Waals surface area contributed by atoms with E-state index in [4.69, 9.17) is 22.9 Å². The number of aliphatic hydroxyl groups excluding tert-OH is 5. The minimum atomic E-state index is -1.96. The van der Waals surface area contributed by atoms with Crippen LogP contribution < -0.4 is 113 Å². The molecule has 19 atom stereocenters. The fraction of sp³-hybridized carbons (Fsp3) is 0.596. The Morgan fingerprint density at radius 2 is 0.766 bits per heavy atom. The van der Waals surface area contributed by atoms with Crippen molar-refractivity contribution in [1.82, 2.24) is 100 Å². The molecule has 0 aliphatic carbocycles. The Labute approximate surface area is 831 Å². The molecule has 0 spiro atoms. The van der Waals surface area contributed by atoms with Crippen LogP contribution >= 0.6 is 0 Å². The molecule has 145 heavy (non-hydrogen) atoms. The van der Waals surface area contributed by atoms with Crippen LogP contribution in [0.25, 0.3) is 0 Å². The zero-order valence-corrected chi connectivity index (χ0v) is 81.0.